The van der Waals surface area contributed by atoms with Crippen molar-refractivity contribution in [2.45, 2.75) is 53.5 Å². The van der Waals surface area contributed by atoms with Gasteiger partial charge in [0.2, 0.25) is 0 Å². The molecule has 0 aliphatic carbocycles. The molecule has 0 unspecified atom stereocenters. The molecular weight excluding hydrogens is 567 g/mol. The fourth-order valence-electron chi connectivity index (χ4n) is 5.74. The van der Waals surface area contributed by atoms with E-state index in [1.54, 1.807) is 31.9 Å². The van der Waals surface area contributed by atoms with Gasteiger partial charge in [-0.05, 0) is 49.9 Å². The Labute approximate surface area is 259 Å². The van der Waals surface area contributed by atoms with Gasteiger partial charge in [0, 0.05) is 43.9 Å². The zero-order chi connectivity index (χ0) is 32.2. The topological polar surface area (TPSA) is 105 Å². The number of halogens is 1. The maximum absolute atomic E-state index is 15.6. The van der Waals surface area contributed by atoms with Crippen molar-refractivity contribution in [1.82, 2.24) is 9.80 Å². The number of hydrogen-bond donors (Lipinski definition) is 1. The number of esters is 1. The zero-order valence-corrected chi connectivity index (χ0v) is 27.0. The van der Waals surface area contributed by atoms with Crippen molar-refractivity contribution in [3.63, 3.8) is 0 Å². The minimum absolute atomic E-state index is 0.0111. The molecule has 1 saturated heterocycles. The number of hydrogen-bond acceptors (Lipinski definition) is 9. The fraction of sp³-hybridized carbons (Fsp3) is 0.545. The molecule has 0 atom stereocenters. The van der Waals surface area contributed by atoms with Crippen LogP contribution in [-0.4, -0.2) is 93.6 Å². The van der Waals surface area contributed by atoms with Gasteiger partial charge in [-0.15, -0.1) is 0 Å². The largest absolute Gasteiger partial charge is 0.494 e. The number of benzene rings is 2. The lowest BCUT2D eigenvalue weighted by molar-refractivity contribution is -0.144. The molecule has 2 heterocycles. The number of amidine groups is 1. The molecule has 240 valence electrons. The summed E-state index contributed by atoms with van der Waals surface area (Å²) in [6.07, 6.45) is 0. The smallest absolute Gasteiger partial charge is 0.320 e. The molecule has 10 nitrogen and oxygen atoms in total. The van der Waals surface area contributed by atoms with E-state index in [-0.39, 0.29) is 60.6 Å². The van der Waals surface area contributed by atoms with Crippen LogP contribution in [0.1, 0.15) is 68.6 Å². The summed E-state index contributed by atoms with van der Waals surface area (Å²) in [5, 5.41) is 8.76. The van der Waals surface area contributed by atoms with Crippen LogP contribution in [0.2, 0.25) is 0 Å². The summed E-state index contributed by atoms with van der Waals surface area (Å²) in [5.74, 6) is -0.129. The van der Waals surface area contributed by atoms with Crippen LogP contribution in [0, 0.1) is 11.2 Å². The van der Waals surface area contributed by atoms with Gasteiger partial charge in [-0.2, -0.15) is 0 Å². The van der Waals surface area contributed by atoms with Crippen LogP contribution in [0.15, 0.2) is 18.2 Å². The molecule has 11 heteroatoms. The van der Waals surface area contributed by atoms with Crippen LogP contribution in [0.3, 0.4) is 0 Å². The average molecular weight is 613 g/mol. The number of ketones is 1. The number of carbonyl (C=O) groups is 2. The Bertz CT molecular complexity index is 1400. The number of anilines is 1. The summed E-state index contributed by atoms with van der Waals surface area (Å²) in [6, 6.07) is 5.43. The van der Waals surface area contributed by atoms with Crippen LogP contribution < -0.4 is 19.1 Å². The van der Waals surface area contributed by atoms with E-state index in [1.165, 1.54) is 0 Å². The SMILES string of the molecule is CCOC(=O)CN1CCN(c2cc(C(=O)CN3Cc4cc(OCC)c(OCC)c(F)c4C3=N)cc(C(C)(C)C)c2OC)CC1. The molecule has 4 rings (SSSR count). The van der Waals surface area contributed by atoms with E-state index in [2.05, 4.69) is 30.6 Å². The standard InChI is InChI=1S/C33H45FN4O6/c1-8-42-26-17-22-18-38(32(35)28(22)29(34)31(26)44-10-3)19-25(39)21-15-23(33(4,5)6)30(41-7)24(16-21)37-13-11-36(12-14-37)20-27(40)43-9-2/h15-17,35H,8-14,18-20H2,1-7H3. The number of fused-ring (bicyclic) bond motifs is 1. The van der Waals surface area contributed by atoms with Crippen molar-refractivity contribution in [3.05, 3.63) is 46.3 Å². The molecule has 0 saturated carbocycles. The summed E-state index contributed by atoms with van der Waals surface area (Å²) in [5.41, 5.74) is 2.59. The predicted molar refractivity (Wildman–Crippen MR) is 167 cm³/mol. The van der Waals surface area contributed by atoms with Gasteiger partial charge in [-0.1, -0.05) is 20.8 Å². The van der Waals surface area contributed by atoms with Crippen molar-refractivity contribution in [2.24, 2.45) is 0 Å². The summed E-state index contributed by atoms with van der Waals surface area (Å²) in [7, 11) is 1.64. The highest BCUT2D eigenvalue weighted by Crippen LogP contribution is 2.42. The third-order valence-corrected chi connectivity index (χ3v) is 7.88. The van der Waals surface area contributed by atoms with Gasteiger partial charge >= 0.3 is 5.97 Å². The van der Waals surface area contributed by atoms with Crippen LogP contribution in [-0.2, 0) is 21.5 Å². The second-order valence-corrected chi connectivity index (χ2v) is 11.9. The molecule has 0 amide bonds. The Hall–Kier alpha value is -3.86. The lowest BCUT2D eigenvalue weighted by Crippen LogP contribution is -2.48. The molecule has 0 spiro atoms. The minimum Gasteiger partial charge on any atom is -0.494 e. The first-order valence-corrected chi connectivity index (χ1v) is 15.3. The molecule has 1 fully saturated rings. The van der Waals surface area contributed by atoms with E-state index < -0.39 is 5.82 Å². The number of methoxy groups -OCH3 is 1. The average Bonchev–Trinajstić information content (AvgIpc) is 3.28. The number of nitrogens with one attached hydrogen (secondary N) is 1. The Morgan fingerprint density at radius 3 is 2.20 bits per heavy atom. The number of piperazine rings is 1. The first-order valence-electron chi connectivity index (χ1n) is 15.3. The van der Waals surface area contributed by atoms with Gasteiger partial charge in [0.15, 0.2) is 23.1 Å². The van der Waals surface area contributed by atoms with Crippen molar-refractivity contribution in [2.75, 3.05) is 71.1 Å². The van der Waals surface area contributed by atoms with Crippen LogP contribution in [0.5, 0.6) is 17.2 Å². The molecule has 0 bridgehead atoms. The van der Waals surface area contributed by atoms with Crippen molar-refractivity contribution >= 4 is 23.3 Å². The minimum atomic E-state index is -0.642. The van der Waals surface area contributed by atoms with Crippen LogP contribution in [0.4, 0.5) is 10.1 Å². The monoisotopic (exact) mass is 612 g/mol. The first-order chi connectivity index (χ1) is 20.9. The third-order valence-electron chi connectivity index (χ3n) is 7.88. The maximum atomic E-state index is 15.6. The lowest BCUT2D eigenvalue weighted by Gasteiger charge is -2.37. The summed E-state index contributed by atoms with van der Waals surface area (Å²) in [6.45, 7) is 15.5. The Balaban J connectivity index is 1.60. The molecule has 2 aliphatic heterocycles. The second-order valence-electron chi connectivity index (χ2n) is 11.9. The third kappa shape index (κ3) is 6.93. The number of Topliss-reactive ketones (excluding diaryl/α,β-unsaturated/α-hetero) is 1. The number of carbonyl (C=O) groups excluding carboxylic acids is 2. The van der Waals surface area contributed by atoms with Crippen LogP contribution in [0.25, 0.3) is 0 Å². The zero-order valence-electron chi connectivity index (χ0n) is 27.0. The van der Waals surface area contributed by atoms with E-state index in [4.69, 9.17) is 24.4 Å². The molecule has 0 radical (unpaired) electrons. The van der Waals surface area contributed by atoms with Gasteiger partial charge in [0.25, 0.3) is 0 Å². The van der Waals surface area contributed by atoms with E-state index >= 15 is 4.39 Å². The molecule has 0 aromatic heterocycles. The van der Waals surface area contributed by atoms with Gasteiger partial charge in [0.1, 0.15) is 11.6 Å². The molecule has 1 N–H and O–H groups in total. The fourth-order valence-corrected chi connectivity index (χ4v) is 5.74. The Morgan fingerprint density at radius 2 is 1.61 bits per heavy atom. The first kappa shape index (κ1) is 33.0. The molecule has 2 aromatic carbocycles. The Kier molecular flexibility index (Phi) is 10.4. The predicted octanol–water partition coefficient (Wildman–Crippen LogP) is 4.64. The van der Waals surface area contributed by atoms with Gasteiger partial charge < -0.3 is 28.7 Å². The van der Waals surface area contributed by atoms with Crippen molar-refractivity contribution < 1.29 is 32.9 Å². The second kappa shape index (κ2) is 13.8. The normalized spacial score (nSPS) is 15.3. The highest BCUT2D eigenvalue weighted by atomic mass is 19.1. The van der Waals surface area contributed by atoms with Crippen LogP contribution >= 0.6 is 0 Å². The quantitative estimate of drug-likeness (QED) is 0.271. The van der Waals surface area contributed by atoms with Crippen molar-refractivity contribution in [1.29, 1.82) is 5.41 Å². The Morgan fingerprint density at radius 1 is 0.932 bits per heavy atom. The van der Waals surface area contributed by atoms with E-state index in [1.807, 2.05) is 19.1 Å². The molecular formula is C33H45FN4O6. The van der Waals surface area contributed by atoms with Gasteiger partial charge in [-0.3, -0.25) is 19.9 Å². The summed E-state index contributed by atoms with van der Waals surface area (Å²) < 4.78 is 37.8. The number of ether oxygens (including phenoxy) is 4. The number of rotatable bonds is 12. The molecule has 2 aromatic rings. The maximum Gasteiger partial charge on any atom is 0.320 e. The van der Waals surface area contributed by atoms with Gasteiger partial charge in [0.05, 0.1) is 51.3 Å². The summed E-state index contributed by atoms with van der Waals surface area (Å²) >= 11 is 0. The highest BCUT2D eigenvalue weighted by molar-refractivity contribution is 6.06. The molecule has 44 heavy (non-hydrogen) atoms. The van der Waals surface area contributed by atoms with E-state index in [0.717, 1.165) is 11.3 Å². The number of nitrogens with zero attached hydrogens (tertiary/aromatic N) is 3. The van der Waals surface area contributed by atoms with Crippen molar-refractivity contribution in [3.8, 4) is 17.2 Å². The lowest BCUT2D eigenvalue weighted by atomic mass is 9.84. The molecule has 2 aliphatic rings. The summed E-state index contributed by atoms with van der Waals surface area (Å²) in [4.78, 5) is 31.7. The van der Waals surface area contributed by atoms with Gasteiger partial charge in [-0.25, -0.2) is 4.39 Å². The van der Waals surface area contributed by atoms with E-state index in [9.17, 15) is 9.59 Å². The van der Waals surface area contributed by atoms with E-state index in [0.29, 0.717) is 62.0 Å². The highest BCUT2D eigenvalue weighted by Gasteiger charge is 2.34.